The normalized spacial score (nSPS) is 19.2. The second-order valence-electron chi connectivity index (χ2n) is 7.33. The number of likely N-dealkylation sites (tertiary alicyclic amines) is 1. The van der Waals surface area contributed by atoms with E-state index >= 15 is 0 Å². The van der Waals surface area contributed by atoms with Crippen molar-refractivity contribution in [3.05, 3.63) is 0 Å². The van der Waals surface area contributed by atoms with Gasteiger partial charge in [-0.25, -0.2) is 4.79 Å². The molecular weight excluding hydrogens is 310 g/mol. The Morgan fingerprint density at radius 1 is 1.33 bits per heavy atom. The molecule has 7 heteroatoms. The first-order valence-corrected chi connectivity index (χ1v) is 8.71. The summed E-state index contributed by atoms with van der Waals surface area (Å²) in [7, 11) is 1.60. The van der Waals surface area contributed by atoms with Crippen molar-refractivity contribution >= 4 is 12.0 Å². The zero-order valence-electron chi connectivity index (χ0n) is 15.7. The molecule has 7 nitrogen and oxygen atoms in total. The molecule has 1 saturated heterocycles. The maximum atomic E-state index is 12.3. The van der Waals surface area contributed by atoms with Gasteiger partial charge in [0.25, 0.3) is 0 Å². The van der Waals surface area contributed by atoms with Gasteiger partial charge >= 0.3 is 6.09 Å². The van der Waals surface area contributed by atoms with E-state index in [2.05, 4.69) is 10.6 Å². The number of rotatable bonds is 8. The second kappa shape index (κ2) is 9.84. The number of hydrogen-bond acceptors (Lipinski definition) is 5. The van der Waals surface area contributed by atoms with Crippen LogP contribution < -0.4 is 10.6 Å². The molecule has 0 aromatic heterocycles. The lowest BCUT2D eigenvalue weighted by atomic mass is 10.1. The molecular formula is C17H33N3O4. The Bertz CT molecular complexity index is 409. The third kappa shape index (κ3) is 7.97. The maximum absolute atomic E-state index is 12.3. The third-order valence-corrected chi connectivity index (χ3v) is 3.87. The largest absolute Gasteiger partial charge is 0.444 e. The van der Waals surface area contributed by atoms with Crippen LogP contribution >= 0.6 is 0 Å². The maximum Gasteiger partial charge on any atom is 0.410 e. The molecule has 24 heavy (non-hydrogen) atoms. The fourth-order valence-corrected chi connectivity index (χ4v) is 2.76. The molecule has 1 heterocycles. The second-order valence-corrected chi connectivity index (χ2v) is 7.33. The van der Waals surface area contributed by atoms with E-state index < -0.39 is 5.60 Å². The molecule has 0 bridgehead atoms. The third-order valence-electron chi connectivity index (χ3n) is 3.87. The van der Waals surface area contributed by atoms with Gasteiger partial charge in [-0.1, -0.05) is 0 Å². The van der Waals surface area contributed by atoms with Crippen LogP contribution in [0.25, 0.3) is 0 Å². The van der Waals surface area contributed by atoms with Crippen LogP contribution in [0.15, 0.2) is 0 Å². The Balaban J connectivity index is 2.35. The first-order valence-electron chi connectivity index (χ1n) is 8.71. The van der Waals surface area contributed by atoms with Crippen LogP contribution in [-0.2, 0) is 14.3 Å². The lowest BCUT2D eigenvalue weighted by Crippen LogP contribution is -2.44. The quantitative estimate of drug-likeness (QED) is 0.653. The van der Waals surface area contributed by atoms with Crippen LogP contribution in [0.3, 0.4) is 0 Å². The minimum Gasteiger partial charge on any atom is -0.444 e. The van der Waals surface area contributed by atoms with E-state index in [0.717, 1.165) is 25.8 Å². The summed E-state index contributed by atoms with van der Waals surface area (Å²) in [6.45, 7) is 9.70. The van der Waals surface area contributed by atoms with Gasteiger partial charge in [0.2, 0.25) is 5.91 Å². The zero-order chi connectivity index (χ0) is 18.2. The van der Waals surface area contributed by atoms with E-state index in [0.29, 0.717) is 13.2 Å². The van der Waals surface area contributed by atoms with E-state index in [4.69, 9.17) is 9.47 Å². The van der Waals surface area contributed by atoms with Crippen LogP contribution in [0.2, 0.25) is 0 Å². The fraction of sp³-hybridized carbons (Fsp3) is 0.882. The van der Waals surface area contributed by atoms with Crippen molar-refractivity contribution in [1.82, 2.24) is 15.5 Å². The number of carbonyl (C=O) groups is 2. The lowest BCUT2D eigenvalue weighted by Gasteiger charge is -2.30. The highest BCUT2D eigenvalue weighted by molar-refractivity contribution is 5.78. The summed E-state index contributed by atoms with van der Waals surface area (Å²) in [6, 6.07) is 0.310. The molecule has 2 N–H and O–H groups in total. The molecule has 1 aliphatic heterocycles. The summed E-state index contributed by atoms with van der Waals surface area (Å²) in [5.74, 6) is -0.0469. The van der Waals surface area contributed by atoms with Gasteiger partial charge in [-0.2, -0.15) is 0 Å². The number of nitrogens with zero attached hydrogens (tertiary/aromatic N) is 1. The SMILES string of the molecule is COCCNC(=O)CNC(C)CC1CCCN1C(=O)OC(C)(C)C. The Hall–Kier alpha value is -1.34. The number of amides is 2. The molecule has 2 unspecified atom stereocenters. The Morgan fingerprint density at radius 3 is 2.67 bits per heavy atom. The smallest absolute Gasteiger partial charge is 0.410 e. The van der Waals surface area contributed by atoms with Gasteiger partial charge in [0.15, 0.2) is 0 Å². The Morgan fingerprint density at radius 2 is 2.04 bits per heavy atom. The average Bonchev–Trinajstić information content (AvgIpc) is 2.92. The number of ether oxygens (including phenoxy) is 2. The summed E-state index contributed by atoms with van der Waals surface area (Å²) in [5, 5.41) is 5.99. The lowest BCUT2D eigenvalue weighted by molar-refractivity contribution is -0.120. The van der Waals surface area contributed by atoms with E-state index in [1.54, 1.807) is 7.11 Å². The molecule has 0 spiro atoms. The molecule has 0 aromatic carbocycles. The van der Waals surface area contributed by atoms with Gasteiger partial charge in [-0.15, -0.1) is 0 Å². The minimum atomic E-state index is -0.478. The van der Waals surface area contributed by atoms with Gasteiger partial charge in [0, 0.05) is 32.3 Å². The van der Waals surface area contributed by atoms with Crippen LogP contribution in [0, 0.1) is 0 Å². The van der Waals surface area contributed by atoms with Crippen LogP contribution in [0.5, 0.6) is 0 Å². The zero-order valence-corrected chi connectivity index (χ0v) is 15.7. The van der Waals surface area contributed by atoms with Crippen LogP contribution in [0.1, 0.15) is 47.0 Å². The number of methoxy groups -OCH3 is 1. The van der Waals surface area contributed by atoms with Crippen molar-refractivity contribution < 1.29 is 19.1 Å². The highest BCUT2D eigenvalue weighted by Crippen LogP contribution is 2.23. The van der Waals surface area contributed by atoms with Crippen molar-refractivity contribution in [2.75, 3.05) is 33.4 Å². The number of hydrogen-bond donors (Lipinski definition) is 2. The fourth-order valence-electron chi connectivity index (χ4n) is 2.76. The summed E-state index contributed by atoms with van der Waals surface area (Å²) < 4.78 is 10.4. The molecule has 2 atom stereocenters. The van der Waals surface area contributed by atoms with Crippen molar-refractivity contribution in [2.24, 2.45) is 0 Å². The van der Waals surface area contributed by atoms with Crippen molar-refractivity contribution in [1.29, 1.82) is 0 Å². The first kappa shape index (κ1) is 20.7. The number of nitrogens with one attached hydrogen (secondary N) is 2. The van der Waals surface area contributed by atoms with Crippen LogP contribution in [-0.4, -0.2) is 67.9 Å². The molecule has 1 aliphatic rings. The monoisotopic (exact) mass is 343 g/mol. The van der Waals surface area contributed by atoms with Gasteiger partial charge in [0.05, 0.1) is 13.2 Å². The van der Waals surface area contributed by atoms with Crippen molar-refractivity contribution in [2.45, 2.75) is 64.6 Å². The summed E-state index contributed by atoms with van der Waals surface area (Å²) in [5.41, 5.74) is -0.478. The highest BCUT2D eigenvalue weighted by atomic mass is 16.6. The predicted octanol–water partition coefficient (Wildman–Crippen LogP) is 1.52. The summed E-state index contributed by atoms with van der Waals surface area (Å²) >= 11 is 0. The Labute approximate surface area is 145 Å². The topological polar surface area (TPSA) is 79.9 Å². The van der Waals surface area contributed by atoms with Crippen molar-refractivity contribution in [3.8, 4) is 0 Å². The molecule has 2 amide bonds. The van der Waals surface area contributed by atoms with E-state index in [-0.39, 0.29) is 30.6 Å². The molecule has 0 aliphatic carbocycles. The molecule has 1 fully saturated rings. The molecule has 0 aromatic rings. The highest BCUT2D eigenvalue weighted by Gasteiger charge is 2.32. The Kier molecular flexibility index (Phi) is 8.48. The summed E-state index contributed by atoms with van der Waals surface area (Å²) in [4.78, 5) is 25.8. The van der Waals surface area contributed by atoms with Gasteiger partial charge in [-0.3, -0.25) is 4.79 Å². The minimum absolute atomic E-state index is 0.0469. The van der Waals surface area contributed by atoms with Gasteiger partial charge < -0.3 is 25.0 Å². The summed E-state index contributed by atoms with van der Waals surface area (Å²) in [6.07, 6.45) is 2.54. The standard InChI is InChI=1S/C17H33N3O4/c1-13(19-12-15(21)18-8-10-23-5)11-14-7-6-9-20(14)16(22)24-17(2,3)4/h13-14,19H,6-12H2,1-5H3,(H,18,21). The van der Waals surface area contributed by atoms with E-state index in [1.165, 1.54) is 0 Å². The predicted molar refractivity (Wildman–Crippen MR) is 92.9 cm³/mol. The van der Waals surface area contributed by atoms with Crippen LogP contribution in [0.4, 0.5) is 4.79 Å². The first-order chi connectivity index (χ1) is 11.2. The van der Waals surface area contributed by atoms with Gasteiger partial charge in [0.1, 0.15) is 5.60 Å². The van der Waals surface area contributed by atoms with E-state index in [9.17, 15) is 9.59 Å². The molecule has 1 rings (SSSR count). The molecule has 0 saturated carbocycles. The number of carbonyl (C=O) groups excluding carboxylic acids is 2. The molecule has 140 valence electrons. The van der Waals surface area contributed by atoms with Gasteiger partial charge in [-0.05, 0) is 47.0 Å². The molecule has 0 radical (unpaired) electrons. The van der Waals surface area contributed by atoms with E-state index in [1.807, 2.05) is 32.6 Å². The average molecular weight is 343 g/mol. The van der Waals surface area contributed by atoms with Crippen molar-refractivity contribution in [3.63, 3.8) is 0 Å².